The summed E-state index contributed by atoms with van der Waals surface area (Å²) < 4.78 is 26.9. The fraction of sp³-hybridized carbons (Fsp3) is 0.625. The van der Waals surface area contributed by atoms with Crippen molar-refractivity contribution in [2.75, 3.05) is 19.8 Å². The van der Waals surface area contributed by atoms with Crippen LogP contribution in [0.4, 0.5) is 0 Å². The lowest BCUT2D eigenvalue weighted by atomic mass is 10.0. The van der Waals surface area contributed by atoms with Crippen LogP contribution in [0, 0.1) is 0 Å². The molecule has 0 heterocycles. The number of aliphatic hydroxyl groups excluding tert-OH is 1. The van der Waals surface area contributed by atoms with E-state index in [4.69, 9.17) is 13.8 Å². The molecule has 0 saturated carbocycles. The zero-order valence-electron chi connectivity index (χ0n) is 42.1. The number of phosphoric ester groups is 1. The van der Waals surface area contributed by atoms with Crippen LogP contribution < -0.4 is 5.32 Å². The molecule has 3 atom stereocenters. The standard InChI is InChI=1S/C56H92NO10P/c1-3-5-7-9-11-13-15-17-19-21-23-25-26-28-29-31-33-35-37-39-41-43-45-47-54(59)57-53(56(61)62)51-67-68(63,64)66-50-52(58)49-65-55(60)48-46-44-42-40-38-36-34-32-30-27-24-22-20-18-16-14-12-10-8-6-4-2/h5,7,11-14,17-20,23,25,28-29,33,35,39,41,52-53,58H,3-4,6,8-10,15-16,21-22,24,26-27,30-32,34,36-38,40,42-51H2,1-2H3,(H,57,59)(H,61,62)(H,63,64)/b7-5-,13-11-,14-12-,19-17-,20-18-,25-23-,29-28-,35-33-,41-39-. The summed E-state index contributed by atoms with van der Waals surface area (Å²) in [5.74, 6) is -2.47. The summed E-state index contributed by atoms with van der Waals surface area (Å²) >= 11 is 0. The molecular formula is C56H92NO10P. The first-order valence-electron chi connectivity index (χ1n) is 25.9. The molecule has 12 heteroatoms. The summed E-state index contributed by atoms with van der Waals surface area (Å²) in [4.78, 5) is 46.1. The Kier molecular flexibility index (Phi) is 46.7. The number of carbonyl (C=O) groups excluding carboxylic acids is 2. The van der Waals surface area contributed by atoms with Gasteiger partial charge in [-0.05, 0) is 96.3 Å². The first-order valence-corrected chi connectivity index (χ1v) is 27.4. The largest absolute Gasteiger partial charge is 0.480 e. The predicted octanol–water partition coefficient (Wildman–Crippen LogP) is 14.6. The first-order chi connectivity index (χ1) is 33.1. The van der Waals surface area contributed by atoms with Gasteiger partial charge in [0.15, 0.2) is 6.04 Å². The normalized spacial score (nSPS) is 14.4. The molecule has 0 aromatic carbocycles. The number of aliphatic hydroxyl groups is 1. The van der Waals surface area contributed by atoms with E-state index in [0.29, 0.717) is 19.3 Å². The summed E-state index contributed by atoms with van der Waals surface area (Å²) in [7, 11) is -4.79. The second kappa shape index (κ2) is 49.6. The summed E-state index contributed by atoms with van der Waals surface area (Å²) in [5.41, 5.74) is 0. The van der Waals surface area contributed by atoms with Gasteiger partial charge in [0.05, 0.1) is 13.2 Å². The first kappa shape index (κ1) is 64.1. The Labute approximate surface area is 412 Å². The molecule has 3 unspecified atom stereocenters. The third-order valence-electron chi connectivity index (χ3n) is 10.5. The molecule has 68 heavy (non-hydrogen) atoms. The number of hydrogen-bond acceptors (Lipinski definition) is 8. The van der Waals surface area contributed by atoms with E-state index in [2.05, 4.69) is 116 Å². The van der Waals surface area contributed by atoms with Crippen LogP contribution in [0.1, 0.15) is 194 Å². The van der Waals surface area contributed by atoms with Crippen molar-refractivity contribution in [3.05, 3.63) is 109 Å². The summed E-state index contributed by atoms with van der Waals surface area (Å²) in [5, 5.41) is 21.9. The van der Waals surface area contributed by atoms with Crippen molar-refractivity contribution in [3.8, 4) is 0 Å². The van der Waals surface area contributed by atoms with Crippen molar-refractivity contribution in [1.82, 2.24) is 5.32 Å². The molecule has 0 spiro atoms. The van der Waals surface area contributed by atoms with Gasteiger partial charge in [0, 0.05) is 12.8 Å². The van der Waals surface area contributed by atoms with Gasteiger partial charge >= 0.3 is 19.8 Å². The molecule has 0 fully saturated rings. The predicted molar refractivity (Wildman–Crippen MR) is 281 cm³/mol. The molecule has 0 aliphatic carbocycles. The Morgan fingerprint density at radius 3 is 1.31 bits per heavy atom. The molecule has 1 amide bonds. The molecule has 0 bridgehead atoms. The molecule has 0 aliphatic rings. The summed E-state index contributed by atoms with van der Waals surface area (Å²) in [6.07, 6.45) is 65.4. The van der Waals surface area contributed by atoms with Crippen LogP contribution in [-0.4, -0.2) is 64.9 Å². The fourth-order valence-electron chi connectivity index (χ4n) is 6.57. The van der Waals surface area contributed by atoms with E-state index in [0.717, 1.165) is 70.6 Å². The number of allylic oxidation sites excluding steroid dienone is 18. The number of rotatable bonds is 47. The van der Waals surface area contributed by atoms with Gasteiger partial charge < -0.3 is 25.2 Å². The van der Waals surface area contributed by atoms with E-state index in [-0.39, 0.29) is 12.8 Å². The lowest BCUT2D eigenvalue weighted by Crippen LogP contribution is -2.43. The molecule has 386 valence electrons. The Morgan fingerprint density at radius 2 is 0.868 bits per heavy atom. The highest BCUT2D eigenvalue weighted by Crippen LogP contribution is 2.43. The Balaban J connectivity index is 3.94. The van der Waals surface area contributed by atoms with Gasteiger partial charge in [-0.15, -0.1) is 0 Å². The minimum atomic E-state index is -4.79. The highest BCUT2D eigenvalue weighted by atomic mass is 31.2. The minimum absolute atomic E-state index is 0.0590. The van der Waals surface area contributed by atoms with Gasteiger partial charge in [0.1, 0.15) is 12.7 Å². The van der Waals surface area contributed by atoms with Gasteiger partial charge in [-0.3, -0.25) is 18.6 Å². The topological polar surface area (TPSA) is 169 Å². The zero-order valence-corrected chi connectivity index (χ0v) is 43.0. The van der Waals surface area contributed by atoms with E-state index in [1.54, 1.807) is 0 Å². The Hall–Kier alpha value is -3.86. The van der Waals surface area contributed by atoms with E-state index in [9.17, 15) is 34.1 Å². The fourth-order valence-corrected chi connectivity index (χ4v) is 7.34. The number of amides is 1. The molecule has 0 saturated heterocycles. The Morgan fingerprint density at radius 1 is 0.485 bits per heavy atom. The van der Waals surface area contributed by atoms with Crippen LogP contribution in [0.3, 0.4) is 0 Å². The maximum atomic E-state index is 12.3. The SMILES string of the molecule is CC/C=C\C/C=C\C/C=C\C/C=C\C/C=C\C/C=C\C/C=C\CCCC(=O)NC(COP(=O)(O)OCC(O)COC(=O)CCCCCCCCCCCCC/C=C\C/C=C\CCCCC)C(=O)O. The molecule has 0 radical (unpaired) electrons. The van der Waals surface area contributed by atoms with Crippen LogP contribution in [0.25, 0.3) is 0 Å². The number of carboxylic acids is 1. The number of carbonyl (C=O) groups is 3. The molecule has 0 rings (SSSR count). The Bertz CT molecular complexity index is 1560. The second-order valence-electron chi connectivity index (χ2n) is 17.0. The van der Waals surface area contributed by atoms with Crippen molar-refractivity contribution in [2.24, 2.45) is 0 Å². The molecule has 4 N–H and O–H groups in total. The molecule has 11 nitrogen and oxygen atoms in total. The lowest BCUT2D eigenvalue weighted by Gasteiger charge is -2.18. The van der Waals surface area contributed by atoms with Crippen LogP contribution in [0.15, 0.2) is 109 Å². The number of ether oxygens (including phenoxy) is 1. The number of carboxylic acid groups (broad SMARTS) is 1. The number of nitrogens with one attached hydrogen (secondary N) is 1. The van der Waals surface area contributed by atoms with Crippen molar-refractivity contribution in [3.63, 3.8) is 0 Å². The van der Waals surface area contributed by atoms with E-state index in [1.807, 2.05) is 12.2 Å². The summed E-state index contributed by atoms with van der Waals surface area (Å²) in [6, 6.07) is -1.59. The van der Waals surface area contributed by atoms with Crippen molar-refractivity contribution in [1.29, 1.82) is 0 Å². The van der Waals surface area contributed by atoms with Crippen LogP contribution in [0.2, 0.25) is 0 Å². The van der Waals surface area contributed by atoms with Crippen LogP contribution in [-0.2, 0) is 32.7 Å². The van der Waals surface area contributed by atoms with Crippen molar-refractivity contribution < 1.29 is 47.8 Å². The number of aliphatic carboxylic acids is 1. The number of hydrogen-bond donors (Lipinski definition) is 4. The van der Waals surface area contributed by atoms with Crippen molar-refractivity contribution in [2.45, 2.75) is 206 Å². The zero-order chi connectivity index (χ0) is 49.9. The number of unbranched alkanes of at least 4 members (excludes halogenated alkanes) is 15. The third kappa shape index (κ3) is 48.6. The highest BCUT2D eigenvalue weighted by Gasteiger charge is 2.28. The van der Waals surface area contributed by atoms with Gasteiger partial charge in [-0.25, -0.2) is 9.36 Å². The van der Waals surface area contributed by atoms with E-state index >= 15 is 0 Å². The average molecular weight is 970 g/mol. The van der Waals surface area contributed by atoms with Crippen LogP contribution in [0.5, 0.6) is 0 Å². The molecule has 0 aromatic heterocycles. The number of phosphoric acid groups is 1. The monoisotopic (exact) mass is 970 g/mol. The quantitative estimate of drug-likeness (QED) is 0.0199. The minimum Gasteiger partial charge on any atom is -0.480 e. The molecule has 0 aliphatic heterocycles. The maximum absolute atomic E-state index is 12.3. The van der Waals surface area contributed by atoms with Crippen molar-refractivity contribution >= 4 is 25.7 Å². The average Bonchev–Trinajstić information content (AvgIpc) is 3.32. The molecular weight excluding hydrogens is 878 g/mol. The highest BCUT2D eigenvalue weighted by molar-refractivity contribution is 7.47. The van der Waals surface area contributed by atoms with Gasteiger partial charge in [-0.2, -0.15) is 0 Å². The van der Waals surface area contributed by atoms with Gasteiger partial charge in [0.2, 0.25) is 5.91 Å². The van der Waals surface area contributed by atoms with Gasteiger partial charge in [-0.1, -0.05) is 194 Å². The number of esters is 1. The lowest BCUT2D eigenvalue weighted by molar-refractivity contribution is -0.147. The third-order valence-corrected chi connectivity index (χ3v) is 11.5. The molecule has 0 aromatic rings. The van der Waals surface area contributed by atoms with E-state index < -0.39 is 57.6 Å². The van der Waals surface area contributed by atoms with Crippen LogP contribution >= 0.6 is 7.82 Å². The smallest absolute Gasteiger partial charge is 0.472 e. The summed E-state index contributed by atoms with van der Waals surface area (Å²) in [6.45, 7) is 2.42. The van der Waals surface area contributed by atoms with Gasteiger partial charge in [0.25, 0.3) is 0 Å². The second-order valence-corrected chi connectivity index (χ2v) is 18.4. The maximum Gasteiger partial charge on any atom is 0.472 e. The van der Waals surface area contributed by atoms with E-state index in [1.165, 1.54) is 77.0 Å².